The van der Waals surface area contributed by atoms with Gasteiger partial charge in [-0.3, -0.25) is 10.3 Å². The third-order valence-corrected chi connectivity index (χ3v) is 5.75. The van der Waals surface area contributed by atoms with Crippen molar-refractivity contribution in [2.75, 3.05) is 45.9 Å². The molecular weight excluding hydrogens is 336 g/mol. The maximum atomic E-state index is 10.4. The van der Waals surface area contributed by atoms with Gasteiger partial charge in [-0.05, 0) is 18.6 Å². The Bertz CT molecular complexity index is 777. The van der Waals surface area contributed by atoms with Gasteiger partial charge in [-0.2, -0.15) is 0 Å². The van der Waals surface area contributed by atoms with Crippen molar-refractivity contribution in [3.8, 4) is 0 Å². The van der Waals surface area contributed by atoms with E-state index in [0.717, 1.165) is 61.0 Å². The van der Waals surface area contributed by atoms with E-state index in [4.69, 9.17) is 10.1 Å². The van der Waals surface area contributed by atoms with Gasteiger partial charge in [0.05, 0.1) is 35.5 Å². The van der Waals surface area contributed by atoms with E-state index in [9.17, 15) is 5.11 Å². The monoisotopic (exact) mass is 358 g/mol. The Morgan fingerprint density at radius 1 is 1.20 bits per heavy atom. The summed E-state index contributed by atoms with van der Waals surface area (Å²) >= 11 is 1.53. The number of hydrogen-bond acceptors (Lipinski definition) is 6. The number of morpholine rings is 1. The number of hydrogen-bond donors (Lipinski definition) is 2. The minimum Gasteiger partial charge on any atom is -0.510 e. The van der Waals surface area contributed by atoms with Crippen LogP contribution in [0.15, 0.2) is 30.0 Å². The summed E-state index contributed by atoms with van der Waals surface area (Å²) in [5.74, 6) is 0.647. The second-order valence-electron chi connectivity index (χ2n) is 6.39. The zero-order chi connectivity index (χ0) is 17.2. The Kier molecular flexibility index (Phi) is 4.70. The molecule has 2 aliphatic heterocycles. The van der Waals surface area contributed by atoms with Crippen molar-refractivity contribution in [2.24, 2.45) is 0 Å². The summed E-state index contributed by atoms with van der Waals surface area (Å²) in [5.41, 5.74) is 1.51. The van der Waals surface area contributed by atoms with Crippen molar-refractivity contribution in [3.05, 3.63) is 35.0 Å². The fraction of sp³-hybridized carbons (Fsp3) is 0.444. The molecule has 0 amide bonds. The number of fused-ring (bicyclic) bond motifs is 1. The first-order valence-corrected chi connectivity index (χ1v) is 9.46. The molecule has 6 nitrogen and oxygen atoms in total. The lowest BCUT2D eigenvalue weighted by molar-refractivity contribution is 0.0368. The molecule has 1 aromatic carbocycles. The van der Waals surface area contributed by atoms with Crippen molar-refractivity contribution in [2.45, 2.75) is 6.42 Å². The quantitative estimate of drug-likeness (QED) is 0.859. The highest BCUT2D eigenvalue weighted by atomic mass is 32.1. The number of nitrogens with one attached hydrogen (secondary N) is 1. The number of nitrogens with zero attached hydrogens (tertiary/aromatic N) is 3. The number of amidine groups is 1. The molecule has 1 saturated heterocycles. The Hall–Kier alpha value is -1.96. The van der Waals surface area contributed by atoms with Crippen LogP contribution < -0.4 is 0 Å². The van der Waals surface area contributed by atoms with Gasteiger partial charge in [0.15, 0.2) is 0 Å². The fourth-order valence-corrected chi connectivity index (χ4v) is 4.37. The van der Waals surface area contributed by atoms with Gasteiger partial charge < -0.3 is 14.7 Å². The number of aromatic nitrogens is 1. The Balaban J connectivity index is 1.40. The second-order valence-corrected chi connectivity index (χ2v) is 7.42. The van der Waals surface area contributed by atoms with Crippen LogP contribution in [0.4, 0.5) is 0 Å². The molecule has 4 rings (SSSR count). The highest BCUT2D eigenvalue weighted by Gasteiger charge is 2.30. The van der Waals surface area contributed by atoms with E-state index in [1.54, 1.807) is 0 Å². The lowest BCUT2D eigenvalue weighted by atomic mass is 10.2. The summed E-state index contributed by atoms with van der Waals surface area (Å²) in [6.07, 6.45) is 0.975. The normalized spacial score (nSPS) is 19.4. The zero-order valence-electron chi connectivity index (χ0n) is 14.1. The van der Waals surface area contributed by atoms with Gasteiger partial charge in [0.25, 0.3) is 0 Å². The minimum absolute atomic E-state index is 0.260. The number of aliphatic hydroxyl groups is 1. The lowest BCUT2D eigenvalue weighted by Crippen LogP contribution is -2.38. The van der Waals surface area contributed by atoms with Gasteiger partial charge in [-0.1, -0.05) is 12.1 Å². The van der Waals surface area contributed by atoms with Crippen LogP contribution in [0.5, 0.6) is 0 Å². The van der Waals surface area contributed by atoms with E-state index in [1.165, 1.54) is 11.3 Å². The average molecular weight is 358 g/mol. The number of thiazole rings is 1. The fourth-order valence-electron chi connectivity index (χ4n) is 3.34. The second kappa shape index (κ2) is 7.11. The van der Waals surface area contributed by atoms with Gasteiger partial charge in [-0.25, -0.2) is 4.98 Å². The van der Waals surface area contributed by atoms with Crippen molar-refractivity contribution in [1.29, 1.82) is 5.41 Å². The van der Waals surface area contributed by atoms with Crippen LogP contribution >= 0.6 is 11.3 Å². The summed E-state index contributed by atoms with van der Waals surface area (Å²) in [6, 6.07) is 7.92. The Labute approximate surface area is 150 Å². The Morgan fingerprint density at radius 2 is 2.00 bits per heavy atom. The summed E-state index contributed by atoms with van der Waals surface area (Å²) in [7, 11) is 0. The molecule has 2 aliphatic rings. The van der Waals surface area contributed by atoms with Crippen LogP contribution in [0.3, 0.4) is 0 Å². The van der Waals surface area contributed by atoms with E-state index >= 15 is 0 Å². The van der Waals surface area contributed by atoms with Gasteiger partial charge in [0, 0.05) is 26.2 Å². The van der Waals surface area contributed by atoms with Crippen molar-refractivity contribution in [3.63, 3.8) is 0 Å². The SMILES string of the molecule is N=C1C(c2nc3ccccc3s2)=C(O)CN1CCCN1CCOCC1. The Morgan fingerprint density at radius 3 is 2.80 bits per heavy atom. The summed E-state index contributed by atoms with van der Waals surface area (Å²) in [5, 5.41) is 19.6. The van der Waals surface area contributed by atoms with E-state index in [-0.39, 0.29) is 5.76 Å². The van der Waals surface area contributed by atoms with Crippen molar-refractivity contribution >= 4 is 33.0 Å². The standard InChI is InChI=1S/C18H22N4O2S/c19-17-16(18-20-13-4-1-2-5-15(13)25-18)14(23)12-22(17)7-3-6-21-8-10-24-11-9-21/h1-2,4-5,19,23H,3,6-12H2. The van der Waals surface area contributed by atoms with E-state index in [1.807, 2.05) is 29.2 Å². The summed E-state index contributed by atoms with van der Waals surface area (Å²) in [6.45, 7) is 5.77. The smallest absolute Gasteiger partial charge is 0.135 e. The number of para-hydroxylation sites is 1. The van der Waals surface area contributed by atoms with Crippen molar-refractivity contribution < 1.29 is 9.84 Å². The molecule has 2 N–H and O–H groups in total. The zero-order valence-corrected chi connectivity index (χ0v) is 14.9. The predicted molar refractivity (Wildman–Crippen MR) is 100 cm³/mol. The summed E-state index contributed by atoms with van der Waals surface area (Å²) < 4.78 is 6.45. The summed E-state index contributed by atoms with van der Waals surface area (Å²) in [4.78, 5) is 8.93. The third kappa shape index (κ3) is 3.40. The highest BCUT2D eigenvalue weighted by molar-refractivity contribution is 7.19. The number of ether oxygens (including phenoxy) is 1. The molecule has 0 radical (unpaired) electrons. The minimum atomic E-state index is 0.260. The first kappa shape index (κ1) is 16.5. The molecule has 25 heavy (non-hydrogen) atoms. The largest absolute Gasteiger partial charge is 0.510 e. The molecule has 0 bridgehead atoms. The molecule has 3 heterocycles. The van der Waals surface area contributed by atoms with Gasteiger partial charge in [0.2, 0.25) is 0 Å². The molecular formula is C18H22N4O2S. The van der Waals surface area contributed by atoms with Crippen molar-refractivity contribution in [1.82, 2.24) is 14.8 Å². The number of benzene rings is 1. The first-order chi connectivity index (χ1) is 12.2. The van der Waals surface area contributed by atoms with Crippen LogP contribution in [-0.2, 0) is 4.74 Å². The molecule has 0 spiro atoms. The van der Waals surface area contributed by atoms with Crippen LogP contribution in [0.25, 0.3) is 15.8 Å². The van der Waals surface area contributed by atoms with Crippen LogP contribution in [-0.4, -0.2) is 71.7 Å². The first-order valence-electron chi connectivity index (χ1n) is 8.64. The van der Waals surface area contributed by atoms with Crippen LogP contribution in [0, 0.1) is 5.41 Å². The molecule has 1 aromatic heterocycles. The lowest BCUT2D eigenvalue weighted by Gasteiger charge is -2.27. The van der Waals surface area contributed by atoms with Crippen LogP contribution in [0.1, 0.15) is 11.4 Å². The van der Waals surface area contributed by atoms with Gasteiger partial charge in [-0.15, -0.1) is 11.3 Å². The van der Waals surface area contributed by atoms with E-state index < -0.39 is 0 Å². The molecule has 1 fully saturated rings. The average Bonchev–Trinajstić information content (AvgIpc) is 3.16. The van der Waals surface area contributed by atoms with Gasteiger partial charge in [0.1, 0.15) is 16.6 Å². The molecule has 0 aliphatic carbocycles. The molecule has 0 unspecified atom stereocenters. The van der Waals surface area contributed by atoms with Gasteiger partial charge >= 0.3 is 0 Å². The molecule has 7 heteroatoms. The molecule has 2 aromatic rings. The third-order valence-electron chi connectivity index (χ3n) is 4.70. The topological polar surface area (TPSA) is 72.7 Å². The highest BCUT2D eigenvalue weighted by Crippen LogP contribution is 2.33. The van der Waals surface area contributed by atoms with E-state index in [2.05, 4.69) is 9.88 Å². The number of aliphatic hydroxyl groups excluding tert-OH is 1. The molecule has 132 valence electrons. The maximum Gasteiger partial charge on any atom is 0.135 e. The molecule has 0 saturated carbocycles. The van der Waals surface area contributed by atoms with Crippen LogP contribution in [0.2, 0.25) is 0 Å². The predicted octanol–water partition coefficient (Wildman–Crippen LogP) is 2.58. The number of rotatable bonds is 5. The van der Waals surface area contributed by atoms with E-state index in [0.29, 0.717) is 18.0 Å². The molecule has 0 atom stereocenters. The maximum absolute atomic E-state index is 10.4.